The molecule has 10 heteroatoms. The number of hydrogen-bond donors (Lipinski definition) is 1. The number of aryl methyl sites for hydroxylation is 1. The van der Waals surface area contributed by atoms with Crippen LogP contribution >= 0.6 is 0 Å². The molecule has 0 saturated heterocycles. The smallest absolute Gasteiger partial charge is 0.264 e. The van der Waals surface area contributed by atoms with Crippen LogP contribution < -0.4 is 14.4 Å². The molecule has 0 saturated carbocycles. The van der Waals surface area contributed by atoms with Crippen LogP contribution in [0.1, 0.15) is 37.8 Å². The summed E-state index contributed by atoms with van der Waals surface area (Å²) in [5, 5.41) is 2.83. The number of sulfonamides is 1. The van der Waals surface area contributed by atoms with Crippen molar-refractivity contribution >= 4 is 27.5 Å². The van der Waals surface area contributed by atoms with E-state index in [4.69, 9.17) is 4.74 Å². The summed E-state index contributed by atoms with van der Waals surface area (Å²) in [5.74, 6) is -1.14. The van der Waals surface area contributed by atoms with E-state index in [2.05, 4.69) is 5.32 Å². The van der Waals surface area contributed by atoms with E-state index in [-0.39, 0.29) is 28.8 Å². The third kappa shape index (κ3) is 7.59. The lowest BCUT2D eigenvalue weighted by molar-refractivity contribution is -0.139. The van der Waals surface area contributed by atoms with E-state index in [0.717, 1.165) is 22.7 Å². The maximum Gasteiger partial charge on any atom is 0.264 e. The van der Waals surface area contributed by atoms with Crippen molar-refractivity contribution in [1.29, 1.82) is 0 Å². The standard InChI is InChI=1S/C30H36FN3O5S/c1-5-6-19-32-30(36)23(3)33(20-24-13-15-25(31)16-14-24)29(35)21-34(27-9-7-8-10-28(27)39-4)40(37,38)26-17-11-22(2)12-18-26/h7-18,23H,5-6,19-21H2,1-4H3,(H,32,36)/t23-/m1/s1. The van der Waals surface area contributed by atoms with Crippen molar-refractivity contribution in [2.24, 2.45) is 0 Å². The van der Waals surface area contributed by atoms with Gasteiger partial charge in [-0.15, -0.1) is 0 Å². The normalized spacial score (nSPS) is 11.9. The Kier molecular flexibility index (Phi) is 10.7. The van der Waals surface area contributed by atoms with Crippen LogP contribution in [0.2, 0.25) is 0 Å². The maximum absolute atomic E-state index is 13.9. The monoisotopic (exact) mass is 569 g/mol. The van der Waals surface area contributed by atoms with Gasteiger partial charge < -0.3 is 15.0 Å². The Morgan fingerprint density at radius 1 is 1.00 bits per heavy atom. The van der Waals surface area contributed by atoms with Crippen molar-refractivity contribution in [3.63, 3.8) is 0 Å². The molecule has 1 atom stereocenters. The van der Waals surface area contributed by atoms with Gasteiger partial charge in [-0.2, -0.15) is 0 Å². The molecule has 0 spiro atoms. The molecule has 1 N–H and O–H groups in total. The van der Waals surface area contributed by atoms with Gasteiger partial charge in [0.15, 0.2) is 0 Å². The molecule has 0 bridgehead atoms. The fourth-order valence-corrected chi connectivity index (χ4v) is 5.52. The highest BCUT2D eigenvalue weighted by Gasteiger charge is 2.33. The molecule has 0 aliphatic carbocycles. The average molecular weight is 570 g/mol. The summed E-state index contributed by atoms with van der Waals surface area (Å²) in [5.41, 5.74) is 1.65. The number of anilines is 1. The first kappa shape index (κ1) is 30.6. The second-order valence-corrected chi connectivity index (χ2v) is 11.3. The molecule has 0 aliphatic heterocycles. The Morgan fingerprint density at radius 2 is 1.65 bits per heavy atom. The highest BCUT2D eigenvalue weighted by atomic mass is 32.2. The van der Waals surface area contributed by atoms with Crippen LogP contribution in [0.25, 0.3) is 0 Å². The SMILES string of the molecule is CCCCNC(=O)[C@@H](C)N(Cc1ccc(F)cc1)C(=O)CN(c1ccccc1OC)S(=O)(=O)c1ccc(C)cc1. The van der Waals surface area contributed by atoms with E-state index in [1.807, 2.05) is 13.8 Å². The number of para-hydroxylation sites is 2. The zero-order chi connectivity index (χ0) is 29.3. The molecule has 40 heavy (non-hydrogen) atoms. The quantitative estimate of drug-likeness (QED) is 0.302. The van der Waals surface area contributed by atoms with Crippen LogP contribution in [0, 0.1) is 12.7 Å². The van der Waals surface area contributed by atoms with E-state index >= 15 is 0 Å². The highest BCUT2D eigenvalue weighted by Crippen LogP contribution is 2.32. The van der Waals surface area contributed by atoms with Crippen molar-refractivity contribution in [3.8, 4) is 5.75 Å². The molecule has 3 aromatic rings. The van der Waals surface area contributed by atoms with Crippen LogP contribution in [-0.4, -0.2) is 51.4 Å². The number of hydrogen-bond acceptors (Lipinski definition) is 5. The number of rotatable bonds is 13. The molecule has 0 aromatic heterocycles. The van der Waals surface area contributed by atoms with E-state index in [1.54, 1.807) is 43.3 Å². The zero-order valence-electron chi connectivity index (χ0n) is 23.3. The largest absolute Gasteiger partial charge is 0.495 e. The van der Waals surface area contributed by atoms with Gasteiger partial charge in [0.05, 0.1) is 17.7 Å². The molecule has 214 valence electrons. The number of nitrogens with one attached hydrogen (secondary N) is 1. The number of carbonyl (C=O) groups excluding carboxylic acids is 2. The first-order chi connectivity index (χ1) is 19.1. The number of methoxy groups -OCH3 is 1. The van der Waals surface area contributed by atoms with E-state index in [9.17, 15) is 22.4 Å². The fourth-order valence-electron chi connectivity index (χ4n) is 4.09. The number of benzene rings is 3. The molecule has 8 nitrogen and oxygen atoms in total. The molecular weight excluding hydrogens is 533 g/mol. The van der Waals surface area contributed by atoms with E-state index in [1.165, 1.54) is 48.4 Å². The van der Waals surface area contributed by atoms with Gasteiger partial charge in [0.2, 0.25) is 11.8 Å². The molecule has 0 heterocycles. The fraction of sp³-hybridized carbons (Fsp3) is 0.333. The number of halogens is 1. The summed E-state index contributed by atoms with van der Waals surface area (Å²) < 4.78 is 47.8. The van der Waals surface area contributed by atoms with Crippen LogP contribution in [0.3, 0.4) is 0 Å². The van der Waals surface area contributed by atoms with Crippen LogP contribution in [0.5, 0.6) is 5.75 Å². The van der Waals surface area contributed by atoms with Gasteiger partial charge in [-0.1, -0.05) is 55.3 Å². The summed E-state index contributed by atoms with van der Waals surface area (Å²) >= 11 is 0. The molecule has 3 aromatic carbocycles. The van der Waals surface area contributed by atoms with Crippen molar-refractivity contribution in [2.75, 3.05) is 24.5 Å². The van der Waals surface area contributed by atoms with Gasteiger partial charge in [0.1, 0.15) is 24.2 Å². The van der Waals surface area contributed by atoms with E-state index < -0.39 is 34.3 Å². The summed E-state index contributed by atoms with van der Waals surface area (Å²) in [4.78, 5) is 28.2. The molecule has 3 rings (SSSR count). The average Bonchev–Trinajstić information content (AvgIpc) is 2.95. The van der Waals surface area contributed by atoms with Crippen molar-refractivity contribution < 1.29 is 27.1 Å². The van der Waals surface area contributed by atoms with Gasteiger partial charge in [-0.25, -0.2) is 12.8 Å². The zero-order valence-corrected chi connectivity index (χ0v) is 24.1. The number of unbranched alkanes of at least 4 members (excludes halogenated alkanes) is 1. The number of amides is 2. The first-order valence-corrected chi connectivity index (χ1v) is 14.6. The predicted molar refractivity (Wildman–Crippen MR) is 153 cm³/mol. The number of ether oxygens (including phenoxy) is 1. The summed E-state index contributed by atoms with van der Waals surface area (Å²) in [7, 11) is -2.80. The first-order valence-electron chi connectivity index (χ1n) is 13.1. The Hall–Kier alpha value is -3.92. The van der Waals surface area contributed by atoms with Gasteiger partial charge >= 0.3 is 0 Å². The van der Waals surface area contributed by atoms with Crippen LogP contribution in [-0.2, 0) is 26.2 Å². The molecule has 2 amide bonds. The Labute approximate surface area is 235 Å². The summed E-state index contributed by atoms with van der Waals surface area (Å²) in [6, 6.07) is 17.5. The van der Waals surface area contributed by atoms with Crippen molar-refractivity contribution in [2.45, 2.75) is 51.1 Å². The predicted octanol–water partition coefficient (Wildman–Crippen LogP) is 4.67. The van der Waals surface area contributed by atoms with Crippen molar-refractivity contribution in [3.05, 3.63) is 89.7 Å². The van der Waals surface area contributed by atoms with E-state index in [0.29, 0.717) is 12.1 Å². The van der Waals surface area contributed by atoms with Gasteiger partial charge in [0.25, 0.3) is 10.0 Å². The summed E-state index contributed by atoms with van der Waals surface area (Å²) in [6.07, 6.45) is 1.67. The van der Waals surface area contributed by atoms with Crippen LogP contribution in [0.15, 0.2) is 77.7 Å². The van der Waals surface area contributed by atoms with Gasteiger partial charge in [-0.05, 0) is 62.2 Å². The highest BCUT2D eigenvalue weighted by molar-refractivity contribution is 7.92. The Balaban J connectivity index is 2.03. The number of carbonyl (C=O) groups is 2. The number of nitrogens with zero attached hydrogens (tertiary/aromatic N) is 2. The molecule has 0 fully saturated rings. The minimum Gasteiger partial charge on any atom is -0.495 e. The second kappa shape index (κ2) is 13.9. The summed E-state index contributed by atoms with van der Waals surface area (Å²) in [6.45, 7) is 5.27. The molecule has 0 unspecified atom stereocenters. The van der Waals surface area contributed by atoms with Crippen LogP contribution in [0.4, 0.5) is 10.1 Å². The lowest BCUT2D eigenvalue weighted by Crippen LogP contribution is -2.51. The molecular formula is C30H36FN3O5S. The third-order valence-electron chi connectivity index (χ3n) is 6.50. The third-order valence-corrected chi connectivity index (χ3v) is 8.28. The minimum atomic E-state index is -4.22. The maximum atomic E-state index is 13.9. The topological polar surface area (TPSA) is 96.0 Å². The minimum absolute atomic E-state index is 0.00671. The lowest BCUT2D eigenvalue weighted by atomic mass is 10.1. The Morgan fingerprint density at radius 3 is 2.27 bits per heavy atom. The van der Waals surface area contributed by atoms with Gasteiger partial charge in [0, 0.05) is 13.1 Å². The molecule has 0 aliphatic rings. The van der Waals surface area contributed by atoms with Gasteiger partial charge in [-0.3, -0.25) is 13.9 Å². The second-order valence-electron chi connectivity index (χ2n) is 9.47. The Bertz CT molecular complexity index is 1400. The molecule has 0 radical (unpaired) electrons. The lowest BCUT2D eigenvalue weighted by Gasteiger charge is -2.32. The van der Waals surface area contributed by atoms with Crippen molar-refractivity contribution in [1.82, 2.24) is 10.2 Å².